The van der Waals surface area contributed by atoms with Crippen molar-refractivity contribution in [2.45, 2.75) is 13.5 Å². The first-order valence-electron chi connectivity index (χ1n) is 2.70. The van der Waals surface area contributed by atoms with Crippen LogP contribution in [0.4, 0.5) is 0 Å². The van der Waals surface area contributed by atoms with E-state index in [2.05, 4.69) is 11.3 Å². The van der Waals surface area contributed by atoms with E-state index in [1.54, 1.807) is 11.3 Å². The molecule has 0 bridgehead atoms. The summed E-state index contributed by atoms with van der Waals surface area (Å²) in [6.07, 6.45) is 5.12. The van der Waals surface area contributed by atoms with E-state index in [1.807, 2.05) is 17.0 Å². The van der Waals surface area contributed by atoms with Gasteiger partial charge in [-0.1, -0.05) is 11.3 Å². The maximum Gasteiger partial charge on any atom is 0.225 e. The Morgan fingerprint density at radius 3 is 2.90 bits per heavy atom. The van der Waals surface area contributed by atoms with Crippen LogP contribution in [0.1, 0.15) is 5.69 Å². The predicted molar refractivity (Wildman–Crippen MR) is 48.4 cm³/mol. The predicted octanol–water partition coefficient (Wildman–Crippen LogP) is 1.56. The highest BCUT2D eigenvalue weighted by Crippen LogP contribution is 1.95. The summed E-state index contributed by atoms with van der Waals surface area (Å²) in [7, 11) is 0. The highest BCUT2D eigenvalue weighted by atomic mass is 79.9. The van der Waals surface area contributed by atoms with Crippen molar-refractivity contribution >= 4 is 28.3 Å². The molecule has 0 saturated carbocycles. The van der Waals surface area contributed by atoms with Gasteiger partial charge in [0.2, 0.25) is 12.1 Å². The molecule has 0 aliphatic rings. The maximum atomic E-state index is 5.12. The van der Waals surface area contributed by atoms with Crippen LogP contribution in [0, 0.1) is 19.3 Å². The summed E-state index contributed by atoms with van der Waals surface area (Å²) < 4.78 is 2.05. The number of thiazole rings is 1. The van der Waals surface area contributed by atoms with E-state index in [9.17, 15) is 0 Å². The molecule has 0 aromatic carbocycles. The van der Waals surface area contributed by atoms with Crippen molar-refractivity contribution in [3.63, 3.8) is 0 Å². The van der Waals surface area contributed by atoms with Crippen molar-refractivity contribution < 1.29 is 4.57 Å². The molecule has 10 heavy (non-hydrogen) atoms. The molecule has 54 valence electrons. The fourth-order valence-electron chi connectivity index (χ4n) is 0.614. The Bertz CT molecular complexity index is 236. The third kappa shape index (κ3) is 2.13. The Morgan fingerprint density at radius 1 is 1.80 bits per heavy atom. The van der Waals surface area contributed by atoms with Crippen LogP contribution in [0.5, 0.6) is 0 Å². The number of hydrogen-bond acceptors (Lipinski definition) is 1. The van der Waals surface area contributed by atoms with Crippen molar-refractivity contribution in [3.8, 4) is 12.3 Å². The Balaban J connectivity index is 0.000000810. The smallest absolute Gasteiger partial charge is 0.181 e. The first-order valence-corrected chi connectivity index (χ1v) is 3.64. The van der Waals surface area contributed by atoms with Crippen LogP contribution in [0.2, 0.25) is 0 Å². The number of aryl methyl sites for hydroxylation is 1. The van der Waals surface area contributed by atoms with Gasteiger partial charge in [0.25, 0.3) is 0 Å². The van der Waals surface area contributed by atoms with Gasteiger partial charge in [0.05, 0.1) is 5.38 Å². The van der Waals surface area contributed by atoms with E-state index >= 15 is 0 Å². The van der Waals surface area contributed by atoms with Crippen LogP contribution < -0.4 is 4.57 Å². The first kappa shape index (κ1) is 9.67. The van der Waals surface area contributed by atoms with Crippen molar-refractivity contribution in [2.75, 3.05) is 0 Å². The summed E-state index contributed by atoms with van der Waals surface area (Å²) in [5.41, 5.74) is 3.26. The van der Waals surface area contributed by atoms with Gasteiger partial charge in [-0.2, -0.15) is 4.57 Å². The van der Waals surface area contributed by atoms with Crippen molar-refractivity contribution in [3.05, 3.63) is 16.6 Å². The van der Waals surface area contributed by atoms with Gasteiger partial charge in [-0.05, 0) is 5.92 Å². The second kappa shape index (κ2) is 4.48. The summed E-state index contributed by atoms with van der Waals surface area (Å²) >= 11 is 1.67. The molecule has 0 radical (unpaired) electrons. The Morgan fingerprint density at radius 2 is 2.50 bits per heavy atom. The third-order valence-electron chi connectivity index (χ3n) is 1.14. The summed E-state index contributed by atoms with van der Waals surface area (Å²) in [6, 6.07) is 0. The minimum atomic E-state index is 0. The summed E-state index contributed by atoms with van der Waals surface area (Å²) in [5, 5.41) is 2.08. The molecule has 0 aliphatic heterocycles. The number of rotatable bonds is 1. The van der Waals surface area contributed by atoms with Crippen LogP contribution in [0.3, 0.4) is 0 Å². The summed E-state index contributed by atoms with van der Waals surface area (Å²) in [4.78, 5) is 0. The van der Waals surface area contributed by atoms with Gasteiger partial charge in [0, 0.05) is 6.92 Å². The molecule has 0 saturated heterocycles. The SMILES string of the molecule is Br.C#CC[n+]1cscc1C. The molecule has 0 fully saturated rings. The summed E-state index contributed by atoms with van der Waals surface area (Å²) in [5.74, 6) is 2.58. The molecule has 1 nitrogen and oxygen atoms in total. The largest absolute Gasteiger partial charge is 0.225 e. The van der Waals surface area contributed by atoms with E-state index in [0.717, 1.165) is 0 Å². The lowest BCUT2D eigenvalue weighted by Crippen LogP contribution is -2.32. The van der Waals surface area contributed by atoms with Crippen molar-refractivity contribution in [1.29, 1.82) is 0 Å². The summed E-state index contributed by atoms with van der Waals surface area (Å²) in [6.45, 7) is 2.74. The number of hydrogen-bond donors (Lipinski definition) is 0. The molecule has 0 unspecified atom stereocenters. The molecule has 0 atom stereocenters. The van der Waals surface area contributed by atoms with Crippen molar-refractivity contribution in [2.24, 2.45) is 0 Å². The average molecular weight is 219 g/mol. The second-order valence-electron chi connectivity index (χ2n) is 1.83. The van der Waals surface area contributed by atoms with Gasteiger partial charge < -0.3 is 0 Å². The van der Waals surface area contributed by atoms with Gasteiger partial charge in [-0.3, -0.25) is 0 Å². The molecule has 0 aliphatic carbocycles. The van der Waals surface area contributed by atoms with Crippen LogP contribution in [-0.2, 0) is 6.54 Å². The first-order chi connectivity index (χ1) is 4.34. The highest BCUT2D eigenvalue weighted by Gasteiger charge is 2.01. The zero-order valence-electron chi connectivity index (χ0n) is 5.70. The zero-order chi connectivity index (χ0) is 6.69. The Kier molecular flexibility index (Phi) is 4.33. The van der Waals surface area contributed by atoms with Gasteiger partial charge in [0.15, 0.2) is 5.69 Å². The lowest BCUT2D eigenvalue weighted by molar-refractivity contribution is -0.685. The van der Waals surface area contributed by atoms with Crippen LogP contribution in [-0.4, -0.2) is 0 Å². The fourth-order valence-corrected chi connectivity index (χ4v) is 1.39. The number of halogens is 1. The lowest BCUT2D eigenvalue weighted by atomic mass is 10.5. The van der Waals surface area contributed by atoms with E-state index < -0.39 is 0 Å². The molecule has 1 aromatic rings. The highest BCUT2D eigenvalue weighted by molar-refractivity contribution is 8.93. The third-order valence-corrected chi connectivity index (χ3v) is 1.99. The van der Waals surface area contributed by atoms with E-state index in [-0.39, 0.29) is 17.0 Å². The van der Waals surface area contributed by atoms with Gasteiger partial charge >= 0.3 is 0 Å². The van der Waals surface area contributed by atoms with Gasteiger partial charge in [0.1, 0.15) is 0 Å². The van der Waals surface area contributed by atoms with Gasteiger partial charge in [-0.25, -0.2) is 0 Å². The minimum Gasteiger partial charge on any atom is -0.181 e. The molecule has 3 heteroatoms. The topological polar surface area (TPSA) is 3.88 Å². The van der Waals surface area contributed by atoms with E-state index in [1.165, 1.54) is 5.69 Å². The molecule has 1 heterocycles. The maximum absolute atomic E-state index is 5.12. The van der Waals surface area contributed by atoms with E-state index in [0.29, 0.717) is 6.54 Å². The molecule has 1 aromatic heterocycles. The molecular formula is C7H9BrNS+. The van der Waals surface area contributed by atoms with Gasteiger partial charge in [-0.15, -0.1) is 23.4 Å². The monoisotopic (exact) mass is 218 g/mol. The molecule has 1 rings (SSSR count). The molecule has 0 amide bonds. The molecular weight excluding hydrogens is 210 g/mol. The van der Waals surface area contributed by atoms with Crippen LogP contribution in [0.15, 0.2) is 10.9 Å². The number of terminal acetylenes is 1. The van der Waals surface area contributed by atoms with Crippen LogP contribution in [0.25, 0.3) is 0 Å². The number of nitrogens with zero attached hydrogens (tertiary/aromatic N) is 1. The standard InChI is InChI=1S/C7H8NS.BrH/c1-3-4-8-6-9-5-7(8)2;/h1,5-6H,4H2,2H3;1H/q+1;. The number of aromatic nitrogens is 1. The lowest BCUT2D eigenvalue weighted by Gasteiger charge is -1.82. The quantitative estimate of drug-likeness (QED) is 0.498. The van der Waals surface area contributed by atoms with Crippen molar-refractivity contribution in [1.82, 2.24) is 0 Å². The average Bonchev–Trinajstić information content (AvgIpc) is 2.18. The van der Waals surface area contributed by atoms with E-state index in [4.69, 9.17) is 6.42 Å². The second-order valence-corrected chi connectivity index (χ2v) is 2.55. The Labute approximate surface area is 75.5 Å². The molecule has 0 spiro atoms. The zero-order valence-corrected chi connectivity index (χ0v) is 8.23. The fraction of sp³-hybridized carbons (Fsp3) is 0.286. The van der Waals surface area contributed by atoms with Crippen LogP contribution >= 0.6 is 28.3 Å². The molecule has 0 N–H and O–H groups in total. The Hall–Kier alpha value is -0.330. The minimum absolute atomic E-state index is 0. The normalized spacial score (nSPS) is 8.00.